The largest absolute Gasteiger partial charge is 0.383 e. The Morgan fingerprint density at radius 2 is 2.35 bits per heavy atom. The molecule has 2 N–H and O–H groups in total. The van der Waals surface area contributed by atoms with Gasteiger partial charge in [-0.3, -0.25) is 0 Å². The van der Waals surface area contributed by atoms with Crippen LogP contribution in [-0.2, 0) is 6.54 Å². The molecule has 0 saturated heterocycles. The third kappa shape index (κ3) is 2.04. The van der Waals surface area contributed by atoms with Gasteiger partial charge >= 0.3 is 0 Å². The maximum Gasteiger partial charge on any atom is 0.131 e. The van der Waals surface area contributed by atoms with Crippen LogP contribution in [-0.4, -0.2) is 9.55 Å². The van der Waals surface area contributed by atoms with Crippen LogP contribution in [0.15, 0.2) is 43.2 Å². The van der Waals surface area contributed by atoms with Crippen LogP contribution in [0.5, 0.6) is 0 Å². The van der Waals surface area contributed by atoms with Gasteiger partial charge < -0.3 is 10.3 Å². The molecule has 4 nitrogen and oxygen atoms in total. The van der Waals surface area contributed by atoms with E-state index in [9.17, 15) is 0 Å². The third-order valence-corrected chi connectivity index (χ3v) is 2.47. The van der Waals surface area contributed by atoms with E-state index in [0.29, 0.717) is 23.6 Å². The molecule has 2 aromatic rings. The fraction of sp³-hybridized carbons (Fsp3) is 0.0769. The number of imidazole rings is 1. The van der Waals surface area contributed by atoms with Crippen LogP contribution < -0.4 is 5.73 Å². The Labute approximate surface area is 99.6 Å². The maximum absolute atomic E-state index is 8.85. The second-order valence-electron chi connectivity index (χ2n) is 3.61. The van der Waals surface area contributed by atoms with E-state index in [4.69, 9.17) is 11.0 Å². The lowest BCUT2D eigenvalue weighted by molar-refractivity contribution is 0.833. The highest BCUT2D eigenvalue weighted by Gasteiger charge is 2.09. The second kappa shape index (κ2) is 4.54. The van der Waals surface area contributed by atoms with E-state index in [0.717, 1.165) is 5.56 Å². The van der Waals surface area contributed by atoms with Crippen molar-refractivity contribution in [1.82, 2.24) is 9.55 Å². The van der Waals surface area contributed by atoms with Gasteiger partial charge in [-0.15, -0.1) is 6.58 Å². The summed E-state index contributed by atoms with van der Waals surface area (Å²) < 4.78 is 1.81. The topological polar surface area (TPSA) is 67.6 Å². The molecular weight excluding hydrogens is 212 g/mol. The Hall–Kier alpha value is -2.54. The molecule has 0 aliphatic heterocycles. The molecule has 1 aromatic heterocycles. The highest BCUT2D eigenvalue weighted by atomic mass is 15.1. The van der Waals surface area contributed by atoms with Gasteiger partial charge in [-0.1, -0.05) is 18.2 Å². The Balaban J connectivity index is 2.46. The minimum absolute atomic E-state index is 0.583. The molecule has 0 atom stereocenters. The first kappa shape index (κ1) is 11.0. The summed E-state index contributed by atoms with van der Waals surface area (Å²) in [4.78, 5) is 4.26. The number of hydrogen-bond donors (Lipinski definition) is 1. The molecule has 84 valence electrons. The first-order chi connectivity index (χ1) is 8.26. The minimum Gasteiger partial charge on any atom is -0.383 e. The van der Waals surface area contributed by atoms with Crippen LogP contribution in [0.1, 0.15) is 5.56 Å². The van der Waals surface area contributed by atoms with Crippen molar-refractivity contribution in [3.05, 3.63) is 48.8 Å². The molecule has 0 saturated carbocycles. The van der Waals surface area contributed by atoms with Crippen LogP contribution in [0.4, 0.5) is 5.82 Å². The number of nitrogens with two attached hydrogens (primary N) is 1. The number of hydrogen-bond acceptors (Lipinski definition) is 3. The molecule has 0 fully saturated rings. The molecule has 0 aliphatic rings. The Kier molecular flexibility index (Phi) is 2.93. The molecular formula is C13H12N4. The average Bonchev–Trinajstić information content (AvgIpc) is 2.72. The van der Waals surface area contributed by atoms with Crippen molar-refractivity contribution in [3.8, 4) is 17.3 Å². The van der Waals surface area contributed by atoms with Gasteiger partial charge in [0.05, 0.1) is 18.0 Å². The van der Waals surface area contributed by atoms with Gasteiger partial charge in [-0.2, -0.15) is 5.26 Å². The van der Waals surface area contributed by atoms with Crippen molar-refractivity contribution in [2.24, 2.45) is 0 Å². The zero-order valence-corrected chi connectivity index (χ0v) is 9.30. The molecule has 0 spiro atoms. The minimum atomic E-state index is 0.583. The fourth-order valence-corrected chi connectivity index (χ4v) is 1.63. The lowest BCUT2D eigenvalue weighted by atomic mass is 10.1. The molecule has 4 heteroatoms. The van der Waals surface area contributed by atoms with E-state index < -0.39 is 0 Å². The number of anilines is 1. The maximum atomic E-state index is 8.85. The third-order valence-electron chi connectivity index (χ3n) is 2.47. The summed E-state index contributed by atoms with van der Waals surface area (Å²) in [6.45, 7) is 4.28. The van der Waals surface area contributed by atoms with Crippen molar-refractivity contribution < 1.29 is 0 Å². The van der Waals surface area contributed by atoms with E-state index >= 15 is 0 Å². The predicted molar refractivity (Wildman–Crippen MR) is 67.0 cm³/mol. The SMILES string of the molecule is C=CCn1cnc(-c2cccc(C#N)c2)c1N. The quantitative estimate of drug-likeness (QED) is 0.812. The normalized spacial score (nSPS) is 9.82. The number of rotatable bonds is 3. The van der Waals surface area contributed by atoms with Gasteiger partial charge in [0.1, 0.15) is 11.5 Å². The first-order valence-corrected chi connectivity index (χ1v) is 5.18. The van der Waals surface area contributed by atoms with E-state index in [1.54, 1.807) is 29.1 Å². The molecule has 0 unspecified atom stereocenters. The van der Waals surface area contributed by atoms with E-state index in [2.05, 4.69) is 17.6 Å². The van der Waals surface area contributed by atoms with Gasteiger partial charge in [-0.25, -0.2) is 4.98 Å². The van der Waals surface area contributed by atoms with Crippen LogP contribution in [0.3, 0.4) is 0 Å². The van der Waals surface area contributed by atoms with Gasteiger partial charge in [-0.05, 0) is 12.1 Å². The van der Waals surface area contributed by atoms with Gasteiger partial charge in [0.25, 0.3) is 0 Å². The Morgan fingerprint density at radius 3 is 3.06 bits per heavy atom. The van der Waals surface area contributed by atoms with Crippen molar-refractivity contribution in [1.29, 1.82) is 5.26 Å². The molecule has 0 aliphatic carbocycles. The Bertz CT molecular complexity index is 590. The molecule has 0 radical (unpaired) electrons. The zero-order chi connectivity index (χ0) is 12.3. The molecule has 17 heavy (non-hydrogen) atoms. The van der Waals surface area contributed by atoms with Crippen LogP contribution >= 0.6 is 0 Å². The number of nitrogen functional groups attached to an aromatic ring is 1. The number of aromatic nitrogens is 2. The summed E-state index contributed by atoms with van der Waals surface area (Å²) in [5, 5.41) is 8.85. The standard InChI is InChI=1S/C13H12N4/c1-2-6-17-9-16-12(13(17)15)11-5-3-4-10(7-11)8-14/h2-5,7,9H,1,6,15H2. The monoisotopic (exact) mass is 224 g/mol. The average molecular weight is 224 g/mol. The summed E-state index contributed by atoms with van der Waals surface area (Å²) in [5.41, 5.74) is 8.13. The zero-order valence-electron chi connectivity index (χ0n) is 9.30. The summed E-state index contributed by atoms with van der Waals surface area (Å²) in [6, 6.07) is 9.33. The lowest BCUT2D eigenvalue weighted by Crippen LogP contribution is -2.00. The predicted octanol–water partition coefficient (Wildman–Crippen LogP) is 2.19. The highest BCUT2D eigenvalue weighted by molar-refractivity contribution is 5.71. The molecule has 0 bridgehead atoms. The van der Waals surface area contributed by atoms with E-state index in [-0.39, 0.29) is 0 Å². The van der Waals surface area contributed by atoms with Crippen LogP contribution in [0.25, 0.3) is 11.3 Å². The first-order valence-electron chi connectivity index (χ1n) is 5.18. The van der Waals surface area contributed by atoms with Crippen molar-refractivity contribution in [2.45, 2.75) is 6.54 Å². The molecule has 1 aromatic carbocycles. The summed E-state index contributed by atoms with van der Waals surface area (Å²) in [5.74, 6) is 0.583. The smallest absolute Gasteiger partial charge is 0.131 e. The number of benzene rings is 1. The van der Waals surface area contributed by atoms with E-state index in [1.807, 2.05) is 12.1 Å². The lowest BCUT2D eigenvalue weighted by Gasteiger charge is -2.02. The fourth-order valence-electron chi connectivity index (χ4n) is 1.63. The van der Waals surface area contributed by atoms with Crippen molar-refractivity contribution in [2.75, 3.05) is 5.73 Å². The van der Waals surface area contributed by atoms with Gasteiger partial charge in [0.15, 0.2) is 0 Å². The Morgan fingerprint density at radius 1 is 1.53 bits per heavy atom. The summed E-state index contributed by atoms with van der Waals surface area (Å²) in [6.07, 6.45) is 3.43. The molecule has 1 heterocycles. The van der Waals surface area contributed by atoms with Gasteiger partial charge in [0.2, 0.25) is 0 Å². The second-order valence-corrected chi connectivity index (χ2v) is 3.61. The number of nitriles is 1. The molecule has 2 rings (SSSR count). The number of allylic oxidation sites excluding steroid dienone is 1. The molecule has 0 amide bonds. The highest BCUT2D eigenvalue weighted by Crippen LogP contribution is 2.24. The summed E-state index contributed by atoms with van der Waals surface area (Å²) >= 11 is 0. The van der Waals surface area contributed by atoms with Gasteiger partial charge in [0, 0.05) is 12.1 Å². The number of nitrogens with zero attached hydrogens (tertiary/aromatic N) is 3. The van der Waals surface area contributed by atoms with Crippen LogP contribution in [0.2, 0.25) is 0 Å². The summed E-state index contributed by atoms with van der Waals surface area (Å²) in [7, 11) is 0. The van der Waals surface area contributed by atoms with E-state index in [1.165, 1.54) is 0 Å². The van der Waals surface area contributed by atoms with Crippen molar-refractivity contribution in [3.63, 3.8) is 0 Å². The van der Waals surface area contributed by atoms with Crippen LogP contribution in [0, 0.1) is 11.3 Å². The van der Waals surface area contributed by atoms with Crippen molar-refractivity contribution >= 4 is 5.82 Å².